The number of sulfonamides is 1. The molecule has 0 radical (unpaired) electrons. The second-order valence-electron chi connectivity index (χ2n) is 6.92. The number of ether oxygens (including phenoxy) is 2. The SMILES string of the molecule is CCOc1ccccc1CCC(=O)Nc1cccc(S(=O)(=O)Nc2ccccc2OC)c1. The molecule has 2 N–H and O–H groups in total. The second-order valence-corrected chi connectivity index (χ2v) is 8.60. The average Bonchev–Trinajstić information content (AvgIpc) is 2.79. The zero-order valence-corrected chi connectivity index (χ0v) is 18.8. The summed E-state index contributed by atoms with van der Waals surface area (Å²) in [5.74, 6) is 0.953. The van der Waals surface area contributed by atoms with Crippen molar-refractivity contribution in [3.05, 3.63) is 78.4 Å². The van der Waals surface area contributed by atoms with Crippen LogP contribution in [0.25, 0.3) is 0 Å². The van der Waals surface area contributed by atoms with Crippen LogP contribution in [0, 0.1) is 0 Å². The van der Waals surface area contributed by atoms with Gasteiger partial charge >= 0.3 is 0 Å². The lowest BCUT2D eigenvalue weighted by Gasteiger charge is -2.13. The summed E-state index contributed by atoms with van der Waals surface area (Å²) in [6.45, 7) is 2.46. The van der Waals surface area contributed by atoms with E-state index in [1.807, 2.05) is 31.2 Å². The molecule has 3 aromatic rings. The van der Waals surface area contributed by atoms with Gasteiger partial charge in [0, 0.05) is 12.1 Å². The van der Waals surface area contributed by atoms with Gasteiger partial charge in [-0.2, -0.15) is 0 Å². The maximum atomic E-state index is 12.8. The molecule has 0 aliphatic rings. The minimum Gasteiger partial charge on any atom is -0.495 e. The molecule has 0 atom stereocenters. The van der Waals surface area contributed by atoms with Gasteiger partial charge in [0.25, 0.3) is 10.0 Å². The third-order valence-electron chi connectivity index (χ3n) is 4.67. The first kappa shape index (κ1) is 23.1. The lowest BCUT2D eigenvalue weighted by Crippen LogP contribution is -2.15. The van der Waals surface area contributed by atoms with Gasteiger partial charge in [0.2, 0.25) is 5.91 Å². The molecule has 0 spiro atoms. The molecule has 0 bridgehead atoms. The molecule has 168 valence electrons. The Morgan fingerprint density at radius 3 is 2.41 bits per heavy atom. The number of benzene rings is 3. The van der Waals surface area contributed by atoms with E-state index in [-0.39, 0.29) is 17.2 Å². The van der Waals surface area contributed by atoms with Gasteiger partial charge in [0.1, 0.15) is 11.5 Å². The van der Waals surface area contributed by atoms with Crippen molar-refractivity contribution in [1.82, 2.24) is 0 Å². The maximum Gasteiger partial charge on any atom is 0.262 e. The average molecular weight is 455 g/mol. The summed E-state index contributed by atoms with van der Waals surface area (Å²) in [6, 6.07) is 20.4. The summed E-state index contributed by atoms with van der Waals surface area (Å²) in [5, 5.41) is 2.77. The van der Waals surface area contributed by atoms with Crippen molar-refractivity contribution in [3.63, 3.8) is 0 Å². The van der Waals surface area contributed by atoms with E-state index in [2.05, 4.69) is 10.0 Å². The number of hydrogen-bond acceptors (Lipinski definition) is 5. The number of amides is 1. The van der Waals surface area contributed by atoms with Crippen molar-refractivity contribution in [2.24, 2.45) is 0 Å². The van der Waals surface area contributed by atoms with Gasteiger partial charge in [0.15, 0.2) is 0 Å². The Bertz CT molecular complexity index is 1180. The van der Waals surface area contributed by atoms with Crippen LogP contribution in [0.1, 0.15) is 18.9 Å². The van der Waals surface area contributed by atoms with Crippen molar-refractivity contribution < 1.29 is 22.7 Å². The highest BCUT2D eigenvalue weighted by Gasteiger charge is 2.17. The Morgan fingerprint density at radius 1 is 0.938 bits per heavy atom. The number of rotatable bonds is 10. The zero-order valence-electron chi connectivity index (χ0n) is 18.0. The Hall–Kier alpha value is -3.52. The van der Waals surface area contributed by atoms with Crippen LogP contribution < -0.4 is 19.5 Å². The molecule has 8 heteroatoms. The highest BCUT2D eigenvalue weighted by molar-refractivity contribution is 7.92. The molecule has 0 saturated carbocycles. The predicted octanol–water partition coefficient (Wildman–Crippen LogP) is 4.47. The van der Waals surface area contributed by atoms with Crippen molar-refractivity contribution in [1.29, 1.82) is 0 Å². The Kier molecular flexibility index (Phi) is 7.72. The fourth-order valence-electron chi connectivity index (χ4n) is 3.15. The van der Waals surface area contributed by atoms with Crippen LogP contribution in [0.2, 0.25) is 0 Å². The van der Waals surface area contributed by atoms with Gasteiger partial charge in [-0.1, -0.05) is 36.4 Å². The van der Waals surface area contributed by atoms with Gasteiger partial charge in [0.05, 0.1) is 24.3 Å². The number of para-hydroxylation sites is 3. The number of hydrogen-bond donors (Lipinski definition) is 2. The monoisotopic (exact) mass is 454 g/mol. The zero-order chi connectivity index (χ0) is 23.0. The minimum atomic E-state index is -3.87. The van der Waals surface area contributed by atoms with E-state index in [1.165, 1.54) is 19.2 Å². The number of carbonyl (C=O) groups excluding carboxylic acids is 1. The summed E-state index contributed by atoms with van der Waals surface area (Å²) in [7, 11) is -2.40. The van der Waals surface area contributed by atoms with Crippen LogP contribution in [0.15, 0.2) is 77.7 Å². The first-order chi connectivity index (χ1) is 15.4. The molecular formula is C24H26N2O5S. The fraction of sp³-hybridized carbons (Fsp3) is 0.208. The number of anilines is 2. The van der Waals surface area contributed by atoms with E-state index >= 15 is 0 Å². The normalized spacial score (nSPS) is 10.9. The van der Waals surface area contributed by atoms with Crippen LogP contribution >= 0.6 is 0 Å². The van der Waals surface area contributed by atoms with Crippen LogP contribution in [0.3, 0.4) is 0 Å². The predicted molar refractivity (Wildman–Crippen MR) is 125 cm³/mol. The molecule has 0 fully saturated rings. The third-order valence-corrected chi connectivity index (χ3v) is 6.04. The highest BCUT2D eigenvalue weighted by Crippen LogP contribution is 2.27. The number of methoxy groups -OCH3 is 1. The Labute approximate surface area is 188 Å². The van der Waals surface area contributed by atoms with Crippen LogP contribution in [0.5, 0.6) is 11.5 Å². The topological polar surface area (TPSA) is 93.7 Å². The van der Waals surface area contributed by atoms with E-state index in [0.29, 0.717) is 30.2 Å². The van der Waals surface area contributed by atoms with Crippen molar-refractivity contribution in [2.45, 2.75) is 24.7 Å². The van der Waals surface area contributed by atoms with Crippen molar-refractivity contribution >= 4 is 27.3 Å². The largest absolute Gasteiger partial charge is 0.495 e. The molecule has 0 unspecified atom stereocenters. The summed E-state index contributed by atoms with van der Waals surface area (Å²) in [6.07, 6.45) is 0.746. The summed E-state index contributed by atoms with van der Waals surface area (Å²) < 4.78 is 39.0. The van der Waals surface area contributed by atoms with Gasteiger partial charge in [-0.3, -0.25) is 9.52 Å². The lowest BCUT2D eigenvalue weighted by molar-refractivity contribution is -0.116. The van der Waals surface area contributed by atoms with Gasteiger partial charge in [-0.25, -0.2) is 8.42 Å². The van der Waals surface area contributed by atoms with Crippen LogP contribution in [-0.4, -0.2) is 28.0 Å². The molecule has 32 heavy (non-hydrogen) atoms. The van der Waals surface area contributed by atoms with Gasteiger partial charge < -0.3 is 14.8 Å². The third kappa shape index (κ3) is 6.01. The molecule has 0 aliphatic carbocycles. The fourth-order valence-corrected chi connectivity index (χ4v) is 4.27. The molecule has 0 saturated heterocycles. The molecule has 3 rings (SSSR count). The smallest absolute Gasteiger partial charge is 0.262 e. The van der Waals surface area contributed by atoms with E-state index in [4.69, 9.17) is 9.47 Å². The van der Waals surface area contributed by atoms with Crippen LogP contribution in [0.4, 0.5) is 11.4 Å². The number of carbonyl (C=O) groups is 1. The van der Waals surface area contributed by atoms with Crippen LogP contribution in [-0.2, 0) is 21.2 Å². The number of aryl methyl sites for hydroxylation is 1. The maximum absolute atomic E-state index is 12.8. The Balaban J connectivity index is 1.67. The molecular weight excluding hydrogens is 428 g/mol. The van der Waals surface area contributed by atoms with E-state index in [0.717, 1.165) is 11.3 Å². The van der Waals surface area contributed by atoms with E-state index < -0.39 is 10.0 Å². The number of nitrogens with one attached hydrogen (secondary N) is 2. The van der Waals surface area contributed by atoms with Crippen molar-refractivity contribution in [3.8, 4) is 11.5 Å². The Morgan fingerprint density at radius 2 is 1.66 bits per heavy atom. The minimum absolute atomic E-state index is 0.0305. The molecule has 0 aromatic heterocycles. The van der Waals surface area contributed by atoms with E-state index in [9.17, 15) is 13.2 Å². The lowest BCUT2D eigenvalue weighted by atomic mass is 10.1. The van der Waals surface area contributed by atoms with Crippen molar-refractivity contribution in [2.75, 3.05) is 23.8 Å². The second kappa shape index (κ2) is 10.7. The summed E-state index contributed by atoms with van der Waals surface area (Å²) in [5.41, 5.74) is 1.68. The van der Waals surface area contributed by atoms with Gasteiger partial charge in [-0.15, -0.1) is 0 Å². The molecule has 7 nitrogen and oxygen atoms in total. The quantitative estimate of drug-likeness (QED) is 0.472. The van der Waals surface area contributed by atoms with E-state index in [1.54, 1.807) is 36.4 Å². The molecule has 0 aliphatic heterocycles. The molecule has 0 heterocycles. The summed E-state index contributed by atoms with van der Waals surface area (Å²) >= 11 is 0. The molecule has 1 amide bonds. The molecule has 3 aromatic carbocycles. The van der Waals surface area contributed by atoms with Gasteiger partial charge in [-0.05, 0) is 55.3 Å². The first-order valence-electron chi connectivity index (χ1n) is 10.2. The highest BCUT2D eigenvalue weighted by atomic mass is 32.2. The summed E-state index contributed by atoms with van der Waals surface area (Å²) in [4.78, 5) is 12.5. The first-order valence-corrected chi connectivity index (χ1v) is 11.7. The standard InChI is InChI=1S/C24H26N2O5S/c1-3-31-22-13-6-4-9-18(22)15-16-24(27)25-19-10-8-11-20(17-19)32(28,29)26-21-12-5-7-14-23(21)30-2/h4-14,17,26H,3,15-16H2,1-2H3,(H,25,27).